The predicted molar refractivity (Wildman–Crippen MR) is 232 cm³/mol. The zero-order valence-corrected chi connectivity index (χ0v) is 31.2. The van der Waals surface area contributed by atoms with Crippen molar-refractivity contribution in [3.05, 3.63) is 205 Å². The van der Waals surface area contributed by atoms with Crippen molar-refractivity contribution >= 4 is 27.8 Å². The number of para-hydroxylation sites is 7. The standard InChI is InChI=1S/C51H36N5O/c1-54(57)47-21-11-8-18-44(47)41-33-39(35-24-28-37(29-25-35)50-52-45-19-9-12-22-48(45)55(50)42-14-4-2-5-15-42)32-40(34-41)36-26-30-38(31-27-36)51-53-46-20-10-13-23-49(46)56(51)43-16-6-3-7-17-43/h2-34H,1H3/q+1. The normalized spacial score (nSPS) is 11.3. The molecule has 0 atom stereocenters. The molecule has 10 rings (SSSR count). The Bertz CT molecular complexity index is 2890. The van der Waals surface area contributed by atoms with E-state index in [1.807, 2.05) is 48.5 Å². The van der Waals surface area contributed by atoms with Crippen molar-refractivity contribution < 1.29 is 4.76 Å². The van der Waals surface area contributed by atoms with Crippen molar-refractivity contribution in [3.63, 3.8) is 0 Å². The van der Waals surface area contributed by atoms with Crippen molar-refractivity contribution in [2.24, 2.45) is 0 Å². The van der Waals surface area contributed by atoms with Gasteiger partial charge in [0.05, 0.1) is 27.6 Å². The molecule has 0 amide bonds. The molecule has 0 radical (unpaired) electrons. The summed E-state index contributed by atoms with van der Waals surface area (Å²) < 4.78 is 5.37. The predicted octanol–water partition coefficient (Wildman–Crippen LogP) is 12.7. The average molecular weight is 735 g/mol. The topological polar surface area (TPSA) is 55.7 Å². The number of benzene rings is 8. The Balaban J connectivity index is 1.08. The first kappa shape index (κ1) is 33.8. The summed E-state index contributed by atoms with van der Waals surface area (Å²) in [7, 11) is 1.55. The van der Waals surface area contributed by atoms with Gasteiger partial charge >= 0.3 is 0 Å². The van der Waals surface area contributed by atoms with E-state index in [9.17, 15) is 4.91 Å². The number of fused-ring (bicyclic) bond motifs is 2. The number of nitrogens with zero attached hydrogens (tertiary/aromatic N) is 5. The number of hydrogen-bond acceptors (Lipinski definition) is 3. The molecule has 0 saturated heterocycles. The third kappa shape index (κ3) is 6.19. The van der Waals surface area contributed by atoms with Gasteiger partial charge in [-0.2, -0.15) is 0 Å². The van der Waals surface area contributed by atoms with Gasteiger partial charge < -0.3 is 0 Å². The Labute approximate surface area is 330 Å². The summed E-state index contributed by atoms with van der Waals surface area (Å²) in [5.74, 6) is 1.77. The molecule has 6 heteroatoms. The van der Waals surface area contributed by atoms with Gasteiger partial charge in [-0.25, -0.2) is 9.97 Å². The summed E-state index contributed by atoms with van der Waals surface area (Å²) in [6, 6.07) is 68.8. The minimum atomic E-state index is 0.617. The first-order chi connectivity index (χ1) is 28.1. The summed E-state index contributed by atoms with van der Waals surface area (Å²) in [5, 5.41) is 0. The molecule has 2 aromatic heterocycles. The molecule has 2 heterocycles. The van der Waals surface area contributed by atoms with Crippen LogP contribution in [-0.2, 0) is 0 Å². The maximum absolute atomic E-state index is 12.8. The number of nitroso groups, excluding NO2 is 1. The van der Waals surface area contributed by atoms with E-state index in [1.54, 1.807) is 7.05 Å². The molecule has 0 aliphatic carbocycles. The maximum atomic E-state index is 12.8. The van der Waals surface area contributed by atoms with Crippen LogP contribution in [0.2, 0.25) is 0 Å². The Morgan fingerprint density at radius 1 is 0.386 bits per heavy atom. The maximum Gasteiger partial charge on any atom is 0.263 e. The van der Waals surface area contributed by atoms with E-state index in [0.29, 0.717) is 5.69 Å². The fraction of sp³-hybridized carbons (Fsp3) is 0.0196. The summed E-state index contributed by atoms with van der Waals surface area (Å²) in [6.07, 6.45) is 0. The van der Waals surface area contributed by atoms with Crippen LogP contribution >= 0.6 is 0 Å². The number of aromatic nitrogens is 4. The largest absolute Gasteiger partial charge is 0.292 e. The van der Waals surface area contributed by atoms with Crippen LogP contribution < -0.4 is 0 Å². The van der Waals surface area contributed by atoms with E-state index in [1.165, 1.54) is 0 Å². The van der Waals surface area contributed by atoms with Crippen molar-refractivity contribution in [3.8, 4) is 67.5 Å². The Hall–Kier alpha value is -7.70. The molecule has 10 aromatic rings. The van der Waals surface area contributed by atoms with Gasteiger partial charge in [-0.15, -0.1) is 0 Å². The zero-order chi connectivity index (χ0) is 38.3. The van der Waals surface area contributed by atoms with Crippen molar-refractivity contribution in [2.45, 2.75) is 0 Å². The lowest BCUT2D eigenvalue weighted by molar-refractivity contribution is -0.427. The van der Waals surface area contributed by atoms with E-state index in [2.05, 4.69) is 161 Å². The fourth-order valence-corrected chi connectivity index (χ4v) is 7.85. The zero-order valence-electron chi connectivity index (χ0n) is 31.2. The monoisotopic (exact) mass is 734 g/mol. The van der Waals surface area contributed by atoms with Crippen LogP contribution in [-0.4, -0.2) is 30.9 Å². The molecule has 0 bridgehead atoms. The van der Waals surface area contributed by atoms with Gasteiger partial charge in [-0.1, -0.05) is 121 Å². The first-order valence-corrected chi connectivity index (χ1v) is 19.0. The van der Waals surface area contributed by atoms with E-state index in [4.69, 9.17) is 9.97 Å². The molecule has 0 aliphatic heterocycles. The second kappa shape index (κ2) is 14.2. The first-order valence-electron chi connectivity index (χ1n) is 19.0. The summed E-state index contributed by atoms with van der Waals surface area (Å²) in [6.45, 7) is 0. The van der Waals surface area contributed by atoms with E-state index in [0.717, 1.165) is 94.4 Å². The van der Waals surface area contributed by atoms with E-state index in [-0.39, 0.29) is 0 Å². The van der Waals surface area contributed by atoms with Gasteiger partial charge in [0.25, 0.3) is 5.69 Å². The summed E-state index contributed by atoms with van der Waals surface area (Å²) in [4.78, 5) is 22.9. The van der Waals surface area contributed by atoms with Crippen molar-refractivity contribution in [1.82, 2.24) is 19.1 Å². The number of imidazole rings is 2. The minimum Gasteiger partial charge on any atom is -0.292 e. The lowest BCUT2D eigenvalue weighted by Gasteiger charge is -2.13. The molecule has 0 aliphatic rings. The van der Waals surface area contributed by atoms with Crippen LogP contribution in [0, 0.1) is 4.91 Å². The van der Waals surface area contributed by atoms with Gasteiger partial charge in [0.15, 0.2) is 7.05 Å². The van der Waals surface area contributed by atoms with E-state index >= 15 is 0 Å². The van der Waals surface area contributed by atoms with Crippen LogP contribution in [0.25, 0.3) is 89.6 Å². The smallest absolute Gasteiger partial charge is 0.263 e. The molecule has 8 aromatic carbocycles. The molecule has 6 nitrogen and oxygen atoms in total. The highest BCUT2D eigenvalue weighted by molar-refractivity contribution is 5.87. The second-order valence-corrected chi connectivity index (χ2v) is 14.2. The molecule has 57 heavy (non-hydrogen) atoms. The van der Waals surface area contributed by atoms with E-state index < -0.39 is 0 Å². The van der Waals surface area contributed by atoms with Crippen LogP contribution in [0.15, 0.2) is 200 Å². The molecule has 0 fully saturated rings. The van der Waals surface area contributed by atoms with Gasteiger partial charge in [0.1, 0.15) is 11.6 Å². The molecule has 0 unspecified atom stereocenters. The minimum absolute atomic E-state index is 0.617. The Kier molecular flexibility index (Phi) is 8.42. The van der Waals surface area contributed by atoms with Gasteiger partial charge in [-0.05, 0) is 101 Å². The summed E-state index contributed by atoms with van der Waals surface area (Å²) >= 11 is 0. The number of rotatable bonds is 8. The average Bonchev–Trinajstić information content (AvgIpc) is 3.87. The molecule has 270 valence electrons. The number of hydrogen-bond donors (Lipinski definition) is 0. The molecule has 0 N–H and O–H groups in total. The van der Waals surface area contributed by atoms with Crippen LogP contribution in [0.3, 0.4) is 0 Å². The van der Waals surface area contributed by atoms with Crippen LogP contribution in [0.5, 0.6) is 0 Å². The van der Waals surface area contributed by atoms with Crippen molar-refractivity contribution in [1.29, 1.82) is 0 Å². The highest BCUT2D eigenvalue weighted by Crippen LogP contribution is 2.38. The molecular formula is C51H36N5O+. The SMILES string of the molecule is C[N+](=O)c1ccccc1-c1cc(-c2ccc(-c3nc4ccccc4n3-c3ccccc3)cc2)cc(-c2ccc(-c3nc4ccccc4n3-c3ccccc3)cc2)c1. The third-order valence-electron chi connectivity index (χ3n) is 10.6. The Morgan fingerprint density at radius 3 is 1.25 bits per heavy atom. The Morgan fingerprint density at radius 2 is 0.772 bits per heavy atom. The fourth-order valence-electron chi connectivity index (χ4n) is 7.85. The lowest BCUT2D eigenvalue weighted by atomic mass is 9.92. The molecule has 0 spiro atoms. The highest BCUT2D eigenvalue weighted by atomic mass is 16.3. The molecular weight excluding hydrogens is 699 g/mol. The highest BCUT2D eigenvalue weighted by Gasteiger charge is 2.19. The lowest BCUT2D eigenvalue weighted by Crippen LogP contribution is -1.97. The van der Waals surface area contributed by atoms with Gasteiger partial charge in [0, 0.05) is 38.2 Å². The summed E-state index contributed by atoms with van der Waals surface area (Å²) in [5.41, 5.74) is 14.8. The second-order valence-electron chi connectivity index (χ2n) is 14.2. The van der Waals surface area contributed by atoms with Crippen molar-refractivity contribution in [2.75, 3.05) is 7.05 Å². The quantitative estimate of drug-likeness (QED) is 0.146. The van der Waals surface area contributed by atoms with Crippen LogP contribution in [0.1, 0.15) is 0 Å². The van der Waals surface area contributed by atoms with Gasteiger partial charge in [-0.3, -0.25) is 9.13 Å². The van der Waals surface area contributed by atoms with Gasteiger partial charge in [0.2, 0.25) is 0 Å². The third-order valence-corrected chi connectivity index (χ3v) is 10.6. The molecule has 0 saturated carbocycles. The van der Waals surface area contributed by atoms with Crippen LogP contribution in [0.4, 0.5) is 5.69 Å².